The molecule has 26 heavy (non-hydrogen) atoms. The number of hydrogen-bond acceptors (Lipinski definition) is 3. The fraction of sp³-hybridized carbons (Fsp3) is 0.391. The predicted molar refractivity (Wildman–Crippen MR) is 116 cm³/mol. The Morgan fingerprint density at radius 2 is 1.81 bits per heavy atom. The molecule has 1 saturated carbocycles. The molecule has 0 saturated heterocycles. The van der Waals surface area contributed by atoms with Crippen molar-refractivity contribution in [2.75, 3.05) is 13.4 Å². The maximum absolute atomic E-state index is 5.37. The van der Waals surface area contributed by atoms with Gasteiger partial charge in [-0.15, -0.1) is 23.5 Å². The second-order valence-corrected chi connectivity index (χ2v) is 9.93. The molecule has 1 aliphatic heterocycles. The molecular weight excluding hydrogens is 356 g/mol. The standard InChI is InChI=1S/C23H26OS2/c1-24-19-13-11-17(12-14-19)20-16-22(18-8-4-3-5-9-18)26-23(25-2)15-7-6-10-21(20)23/h3-5,8-9,11-14,16,20-21H,6-7,10,15H2,1-2H3. The van der Waals surface area contributed by atoms with Gasteiger partial charge in [-0.2, -0.15) is 0 Å². The lowest BCUT2D eigenvalue weighted by Crippen LogP contribution is -2.39. The highest BCUT2D eigenvalue weighted by Crippen LogP contribution is 2.62. The van der Waals surface area contributed by atoms with Crippen LogP contribution in [0.3, 0.4) is 0 Å². The van der Waals surface area contributed by atoms with E-state index < -0.39 is 0 Å². The van der Waals surface area contributed by atoms with Crippen LogP contribution in [0.2, 0.25) is 0 Å². The number of benzene rings is 2. The van der Waals surface area contributed by atoms with E-state index in [9.17, 15) is 0 Å². The number of hydrogen-bond donors (Lipinski definition) is 0. The Bertz CT molecular complexity index is 769. The fourth-order valence-corrected chi connectivity index (χ4v) is 7.45. The van der Waals surface area contributed by atoms with Gasteiger partial charge in [-0.3, -0.25) is 0 Å². The molecule has 4 rings (SSSR count). The molecule has 3 unspecified atom stereocenters. The van der Waals surface area contributed by atoms with Gasteiger partial charge in [0.05, 0.1) is 11.2 Å². The first-order valence-corrected chi connectivity index (χ1v) is 11.5. The highest BCUT2D eigenvalue weighted by molar-refractivity contribution is 8.22. The fourth-order valence-electron chi connectivity index (χ4n) is 4.43. The number of rotatable bonds is 4. The predicted octanol–water partition coefficient (Wildman–Crippen LogP) is 6.82. The second-order valence-electron chi connectivity index (χ2n) is 7.17. The van der Waals surface area contributed by atoms with E-state index in [1.54, 1.807) is 7.11 Å². The van der Waals surface area contributed by atoms with Crippen molar-refractivity contribution < 1.29 is 4.74 Å². The molecule has 0 amide bonds. The molecule has 136 valence electrons. The summed E-state index contributed by atoms with van der Waals surface area (Å²) in [5.74, 6) is 2.10. The van der Waals surface area contributed by atoms with Gasteiger partial charge in [-0.25, -0.2) is 0 Å². The van der Waals surface area contributed by atoms with Crippen LogP contribution in [0.4, 0.5) is 0 Å². The van der Waals surface area contributed by atoms with E-state index in [1.807, 2.05) is 0 Å². The molecule has 2 aromatic rings. The molecule has 1 heterocycles. The minimum absolute atomic E-state index is 0.294. The van der Waals surface area contributed by atoms with Crippen LogP contribution in [-0.4, -0.2) is 17.4 Å². The molecule has 3 atom stereocenters. The topological polar surface area (TPSA) is 9.23 Å². The van der Waals surface area contributed by atoms with Gasteiger partial charge in [-0.05, 0) is 48.3 Å². The average molecular weight is 383 g/mol. The van der Waals surface area contributed by atoms with Crippen LogP contribution in [0.1, 0.15) is 42.7 Å². The summed E-state index contributed by atoms with van der Waals surface area (Å²) in [5.41, 5.74) is 2.78. The van der Waals surface area contributed by atoms with Gasteiger partial charge in [0.2, 0.25) is 0 Å². The van der Waals surface area contributed by atoms with Crippen LogP contribution in [0.25, 0.3) is 4.91 Å². The van der Waals surface area contributed by atoms with Crippen molar-refractivity contribution >= 4 is 28.4 Å². The van der Waals surface area contributed by atoms with E-state index in [4.69, 9.17) is 4.74 Å². The van der Waals surface area contributed by atoms with Crippen molar-refractivity contribution in [2.45, 2.75) is 35.7 Å². The number of thioether (sulfide) groups is 2. The Morgan fingerprint density at radius 3 is 2.50 bits per heavy atom. The smallest absolute Gasteiger partial charge is 0.118 e. The highest BCUT2D eigenvalue weighted by atomic mass is 32.2. The minimum Gasteiger partial charge on any atom is -0.497 e. The van der Waals surface area contributed by atoms with E-state index in [-0.39, 0.29) is 0 Å². The third-order valence-corrected chi connectivity index (χ3v) is 9.20. The summed E-state index contributed by atoms with van der Waals surface area (Å²) >= 11 is 4.20. The highest BCUT2D eigenvalue weighted by Gasteiger charge is 2.47. The molecule has 0 aromatic heterocycles. The molecule has 0 N–H and O–H groups in total. The molecule has 0 radical (unpaired) electrons. The van der Waals surface area contributed by atoms with Crippen molar-refractivity contribution in [1.29, 1.82) is 0 Å². The van der Waals surface area contributed by atoms with Crippen LogP contribution < -0.4 is 4.74 Å². The van der Waals surface area contributed by atoms with E-state index in [1.165, 1.54) is 41.7 Å². The molecular formula is C23H26OS2. The van der Waals surface area contributed by atoms with E-state index in [0.29, 0.717) is 15.9 Å². The quantitative estimate of drug-likeness (QED) is 0.574. The van der Waals surface area contributed by atoms with E-state index in [0.717, 1.165) is 5.75 Å². The summed E-state index contributed by atoms with van der Waals surface area (Å²) in [6.07, 6.45) is 10.2. The zero-order valence-corrected chi connectivity index (χ0v) is 17.1. The van der Waals surface area contributed by atoms with Gasteiger partial charge in [-0.1, -0.05) is 61.4 Å². The molecule has 0 spiro atoms. The Labute approximate surface area is 165 Å². The molecule has 1 aliphatic carbocycles. The normalized spacial score (nSPS) is 28.2. The van der Waals surface area contributed by atoms with Crippen molar-refractivity contribution in [3.63, 3.8) is 0 Å². The molecule has 0 bridgehead atoms. The first-order chi connectivity index (χ1) is 12.8. The third-order valence-electron chi connectivity index (χ3n) is 5.81. The van der Waals surface area contributed by atoms with Gasteiger partial charge in [0.25, 0.3) is 0 Å². The zero-order valence-electron chi connectivity index (χ0n) is 15.5. The maximum Gasteiger partial charge on any atom is 0.118 e. The van der Waals surface area contributed by atoms with E-state index in [2.05, 4.69) is 90.5 Å². The van der Waals surface area contributed by atoms with Gasteiger partial charge in [0.15, 0.2) is 0 Å². The zero-order chi connectivity index (χ0) is 18.0. The Kier molecular flexibility index (Phi) is 5.37. The number of allylic oxidation sites excluding steroid dienone is 1. The van der Waals surface area contributed by atoms with Crippen molar-refractivity contribution in [3.05, 3.63) is 71.8 Å². The van der Waals surface area contributed by atoms with Crippen molar-refractivity contribution in [1.82, 2.24) is 0 Å². The Balaban J connectivity index is 1.79. The lowest BCUT2D eigenvalue weighted by atomic mass is 9.75. The van der Waals surface area contributed by atoms with Crippen LogP contribution in [0.15, 0.2) is 60.7 Å². The van der Waals surface area contributed by atoms with Gasteiger partial charge in [0, 0.05) is 10.8 Å². The summed E-state index contributed by atoms with van der Waals surface area (Å²) in [6.45, 7) is 0. The third kappa shape index (κ3) is 3.32. The van der Waals surface area contributed by atoms with Gasteiger partial charge < -0.3 is 4.74 Å². The summed E-state index contributed by atoms with van der Waals surface area (Å²) in [5, 5.41) is 0. The SMILES string of the molecule is COc1ccc(C2C=C(c3ccccc3)SC3(SC)CCCCC23)cc1. The minimum atomic E-state index is 0.294. The molecule has 3 heteroatoms. The van der Waals surface area contributed by atoms with E-state index >= 15 is 0 Å². The monoisotopic (exact) mass is 382 g/mol. The first kappa shape index (κ1) is 18.1. The molecule has 2 aromatic carbocycles. The summed E-state index contributed by atoms with van der Waals surface area (Å²) in [6, 6.07) is 19.6. The molecule has 1 nitrogen and oxygen atoms in total. The summed E-state index contributed by atoms with van der Waals surface area (Å²) in [7, 11) is 1.74. The first-order valence-electron chi connectivity index (χ1n) is 9.41. The lowest BCUT2D eigenvalue weighted by Gasteiger charge is -2.49. The van der Waals surface area contributed by atoms with Crippen molar-refractivity contribution in [3.8, 4) is 5.75 Å². The van der Waals surface area contributed by atoms with Gasteiger partial charge in [0.1, 0.15) is 5.75 Å². The largest absolute Gasteiger partial charge is 0.497 e. The maximum atomic E-state index is 5.37. The van der Waals surface area contributed by atoms with Crippen LogP contribution in [0, 0.1) is 5.92 Å². The summed E-state index contributed by atoms with van der Waals surface area (Å²) < 4.78 is 5.67. The second kappa shape index (κ2) is 7.74. The Morgan fingerprint density at radius 1 is 1.04 bits per heavy atom. The lowest BCUT2D eigenvalue weighted by molar-refractivity contribution is 0.320. The average Bonchev–Trinajstić information content (AvgIpc) is 2.73. The number of ether oxygens (including phenoxy) is 1. The van der Waals surface area contributed by atoms with Crippen LogP contribution in [0.5, 0.6) is 5.75 Å². The number of fused-ring (bicyclic) bond motifs is 1. The van der Waals surface area contributed by atoms with Crippen molar-refractivity contribution in [2.24, 2.45) is 5.92 Å². The summed E-state index contributed by atoms with van der Waals surface area (Å²) in [4.78, 5) is 1.44. The molecule has 1 fully saturated rings. The Hall–Kier alpha value is -1.32. The molecule has 2 aliphatic rings. The number of methoxy groups -OCH3 is 1. The van der Waals surface area contributed by atoms with Gasteiger partial charge >= 0.3 is 0 Å². The van der Waals surface area contributed by atoms with Crippen LogP contribution >= 0.6 is 23.5 Å². The van der Waals surface area contributed by atoms with Crippen LogP contribution in [-0.2, 0) is 0 Å².